The molecule has 1 fully saturated rings. The van der Waals surface area contributed by atoms with Crippen LogP contribution in [0.5, 0.6) is 0 Å². The highest BCUT2D eigenvalue weighted by atomic mass is 16.2. The number of benzene rings is 1. The number of pyridine rings is 1. The summed E-state index contributed by atoms with van der Waals surface area (Å²) in [6.45, 7) is 3.30. The number of likely N-dealkylation sites (N-methyl/N-ethyl adjacent to an activating group) is 1. The van der Waals surface area contributed by atoms with Crippen molar-refractivity contribution in [2.75, 3.05) is 50.5 Å². The number of hydrogen-bond acceptors (Lipinski definition) is 5. The van der Waals surface area contributed by atoms with Crippen molar-refractivity contribution in [2.45, 2.75) is 25.3 Å². The zero-order chi connectivity index (χ0) is 21.1. The highest BCUT2D eigenvalue weighted by molar-refractivity contribution is 6.03. The molecule has 0 atom stereocenters. The Bertz CT molecular complexity index is 909. The standard InChI is InChI=1S/C23H29N5O2/c1-26-16-22(29)25-20-15-17(6-7-21(20)26)23(30)27(2)19-9-13-28(14-10-19)12-8-18-5-3-4-11-24-18/h3-7,11,15,19H,8-10,12-14,16H2,1-2H3,(H,25,29). The average Bonchev–Trinajstić information content (AvgIpc) is 2.77. The fourth-order valence-electron chi connectivity index (χ4n) is 4.31. The molecule has 1 N–H and O–H groups in total. The fraction of sp³-hybridized carbons (Fsp3) is 0.435. The Kier molecular flexibility index (Phi) is 5.99. The zero-order valence-corrected chi connectivity index (χ0v) is 17.7. The van der Waals surface area contributed by atoms with Crippen LogP contribution in [0.3, 0.4) is 0 Å². The van der Waals surface area contributed by atoms with Gasteiger partial charge < -0.3 is 20.0 Å². The van der Waals surface area contributed by atoms with Crippen molar-refractivity contribution in [1.82, 2.24) is 14.8 Å². The molecule has 0 bridgehead atoms. The van der Waals surface area contributed by atoms with E-state index in [2.05, 4.69) is 21.3 Å². The smallest absolute Gasteiger partial charge is 0.253 e. The number of rotatable bonds is 5. The van der Waals surface area contributed by atoms with Gasteiger partial charge in [-0.1, -0.05) is 6.07 Å². The maximum atomic E-state index is 13.1. The Morgan fingerprint density at radius 2 is 2.03 bits per heavy atom. The van der Waals surface area contributed by atoms with E-state index in [-0.39, 0.29) is 17.9 Å². The summed E-state index contributed by atoms with van der Waals surface area (Å²) in [5.74, 6) is -0.0479. The van der Waals surface area contributed by atoms with Gasteiger partial charge in [0.2, 0.25) is 5.91 Å². The van der Waals surface area contributed by atoms with E-state index in [9.17, 15) is 9.59 Å². The zero-order valence-electron chi connectivity index (χ0n) is 17.7. The van der Waals surface area contributed by atoms with Gasteiger partial charge in [-0.25, -0.2) is 0 Å². The van der Waals surface area contributed by atoms with Gasteiger partial charge in [0.1, 0.15) is 0 Å². The number of carbonyl (C=O) groups excluding carboxylic acids is 2. The lowest BCUT2D eigenvalue weighted by molar-refractivity contribution is -0.115. The van der Waals surface area contributed by atoms with Crippen LogP contribution >= 0.6 is 0 Å². The number of likely N-dealkylation sites (tertiary alicyclic amines) is 1. The topological polar surface area (TPSA) is 68.8 Å². The third-order valence-electron chi connectivity index (χ3n) is 6.15. The lowest BCUT2D eigenvalue weighted by Crippen LogP contribution is -2.46. The van der Waals surface area contributed by atoms with Gasteiger partial charge in [-0.05, 0) is 43.2 Å². The molecule has 0 spiro atoms. The number of amides is 2. The number of fused-ring (bicyclic) bond motifs is 1. The summed E-state index contributed by atoms with van der Waals surface area (Å²) in [4.78, 5) is 35.5. The summed E-state index contributed by atoms with van der Waals surface area (Å²) >= 11 is 0. The lowest BCUT2D eigenvalue weighted by Gasteiger charge is -2.37. The summed E-state index contributed by atoms with van der Waals surface area (Å²) in [6, 6.07) is 11.8. The molecular formula is C23H29N5O2. The van der Waals surface area contributed by atoms with E-state index in [0.717, 1.165) is 50.3 Å². The Morgan fingerprint density at radius 1 is 1.23 bits per heavy atom. The lowest BCUT2D eigenvalue weighted by atomic mass is 10.0. The van der Waals surface area contributed by atoms with Crippen molar-refractivity contribution >= 4 is 23.2 Å². The van der Waals surface area contributed by atoms with Crippen molar-refractivity contribution in [1.29, 1.82) is 0 Å². The van der Waals surface area contributed by atoms with Crippen LogP contribution < -0.4 is 10.2 Å². The number of hydrogen-bond donors (Lipinski definition) is 1. The maximum absolute atomic E-state index is 13.1. The molecule has 3 heterocycles. The van der Waals surface area contributed by atoms with Crippen molar-refractivity contribution in [3.8, 4) is 0 Å². The predicted molar refractivity (Wildman–Crippen MR) is 118 cm³/mol. The Hall–Kier alpha value is -2.93. The van der Waals surface area contributed by atoms with Gasteiger partial charge in [0.15, 0.2) is 0 Å². The van der Waals surface area contributed by atoms with E-state index in [0.29, 0.717) is 17.8 Å². The Balaban J connectivity index is 1.33. The molecular weight excluding hydrogens is 378 g/mol. The van der Waals surface area contributed by atoms with E-state index >= 15 is 0 Å². The van der Waals surface area contributed by atoms with Crippen LogP contribution in [-0.2, 0) is 11.2 Å². The Labute approximate surface area is 177 Å². The van der Waals surface area contributed by atoms with Gasteiger partial charge >= 0.3 is 0 Å². The van der Waals surface area contributed by atoms with E-state index in [4.69, 9.17) is 0 Å². The molecule has 2 aromatic rings. The number of anilines is 2. The first-order chi connectivity index (χ1) is 14.5. The van der Waals surface area contributed by atoms with Gasteiger partial charge in [0.05, 0.1) is 17.9 Å². The van der Waals surface area contributed by atoms with Crippen LogP contribution in [0.4, 0.5) is 11.4 Å². The van der Waals surface area contributed by atoms with Crippen molar-refractivity contribution in [2.24, 2.45) is 0 Å². The van der Waals surface area contributed by atoms with Crippen molar-refractivity contribution in [3.63, 3.8) is 0 Å². The third kappa shape index (κ3) is 4.46. The minimum Gasteiger partial charge on any atom is -0.364 e. The first-order valence-corrected chi connectivity index (χ1v) is 10.6. The first-order valence-electron chi connectivity index (χ1n) is 10.6. The quantitative estimate of drug-likeness (QED) is 0.823. The second kappa shape index (κ2) is 8.83. The average molecular weight is 408 g/mol. The third-order valence-corrected chi connectivity index (χ3v) is 6.15. The second-order valence-corrected chi connectivity index (χ2v) is 8.20. The molecule has 158 valence electrons. The van der Waals surface area contributed by atoms with Gasteiger partial charge in [-0.3, -0.25) is 14.6 Å². The number of nitrogens with zero attached hydrogens (tertiary/aromatic N) is 4. The minimum atomic E-state index is -0.0546. The predicted octanol–water partition coefficient (Wildman–Crippen LogP) is 2.25. The normalized spacial score (nSPS) is 17.4. The minimum absolute atomic E-state index is 0.00668. The van der Waals surface area contributed by atoms with Crippen LogP contribution in [0.2, 0.25) is 0 Å². The molecule has 1 aromatic carbocycles. The van der Waals surface area contributed by atoms with Gasteiger partial charge in [-0.2, -0.15) is 0 Å². The monoisotopic (exact) mass is 407 g/mol. The molecule has 1 saturated heterocycles. The SMILES string of the molecule is CN1CC(=O)Nc2cc(C(=O)N(C)C3CCN(CCc4ccccn4)CC3)ccc21. The van der Waals surface area contributed by atoms with Gasteiger partial charge in [-0.15, -0.1) is 0 Å². The molecule has 1 aromatic heterocycles. The summed E-state index contributed by atoms with van der Waals surface area (Å²) in [6.07, 6.45) is 4.73. The van der Waals surface area contributed by atoms with E-state index in [1.807, 2.05) is 54.4 Å². The summed E-state index contributed by atoms with van der Waals surface area (Å²) in [5, 5.41) is 2.87. The van der Waals surface area contributed by atoms with E-state index in [1.165, 1.54) is 0 Å². The van der Waals surface area contributed by atoms with E-state index in [1.54, 1.807) is 6.07 Å². The molecule has 2 amide bonds. The molecule has 30 heavy (non-hydrogen) atoms. The highest BCUT2D eigenvalue weighted by Gasteiger charge is 2.27. The maximum Gasteiger partial charge on any atom is 0.253 e. The highest BCUT2D eigenvalue weighted by Crippen LogP contribution is 2.30. The number of aromatic nitrogens is 1. The van der Waals surface area contributed by atoms with Crippen LogP contribution in [0.15, 0.2) is 42.6 Å². The molecule has 0 unspecified atom stereocenters. The van der Waals surface area contributed by atoms with Crippen LogP contribution in [-0.4, -0.2) is 72.9 Å². The number of carbonyl (C=O) groups is 2. The summed E-state index contributed by atoms with van der Waals surface area (Å²) in [5.41, 5.74) is 3.38. The van der Waals surface area contributed by atoms with Crippen LogP contribution in [0.1, 0.15) is 28.9 Å². The molecule has 2 aliphatic rings. The van der Waals surface area contributed by atoms with Gasteiger partial charge in [0, 0.05) is 63.6 Å². The van der Waals surface area contributed by atoms with Gasteiger partial charge in [0.25, 0.3) is 5.91 Å². The molecule has 2 aliphatic heterocycles. The fourth-order valence-corrected chi connectivity index (χ4v) is 4.31. The van der Waals surface area contributed by atoms with Crippen molar-refractivity contribution < 1.29 is 9.59 Å². The van der Waals surface area contributed by atoms with E-state index < -0.39 is 0 Å². The second-order valence-electron chi connectivity index (χ2n) is 8.20. The summed E-state index contributed by atoms with van der Waals surface area (Å²) in [7, 11) is 3.77. The molecule has 7 nitrogen and oxygen atoms in total. The molecule has 0 saturated carbocycles. The number of nitrogens with one attached hydrogen (secondary N) is 1. The first kappa shape index (κ1) is 20.3. The largest absolute Gasteiger partial charge is 0.364 e. The van der Waals surface area contributed by atoms with Crippen LogP contribution in [0.25, 0.3) is 0 Å². The molecule has 7 heteroatoms. The van der Waals surface area contributed by atoms with Crippen molar-refractivity contribution in [3.05, 3.63) is 53.9 Å². The number of piperidine rings is 1. The van der Waals surface area contributed by atoms with Crippen LogP contribution in [0, 0.1) is 0 Å². The molecule has 4 rings (SSSR count). The summed E-state index contributed by atoms with van der Waals surface area (Å²) < 4.78 is 0. The molecule has 0 aliphatic carbocycles. The Morgan fingerprint density at radius 3 is 2.77 bits per heavy atom. The molecule has 0 radical (unpaired) electrons.